The van der Waals surface area contributed by atoms with Gasteiger partial charge in [0.1, 0.15) is 5.75 Å². The largest absolute Gasteiger partial charge is 0.463 e. The quantitative estimate of drug-likeness (QED) is 0.362. The van der Waals surface area contributed by atoms with Crippen LogP contribution in [-0.4, -0.2) is 15.6 Å². The Morgan fingerprint density at radius 3 is 2.63 bits per heavy atom. The number of rotatable bonds is 3. The average molecular weight is 440 g/mol. The molecule has 2 aliphatic rings. The molecule has 0 unspecified atom stereocenters. The second-order valence-electron chi connectivity index (χ2n) is 7.14. The van der Waals surface area contributed by atoms with Crippen LogP contribution >= 0.6 is 23.2 Å². The molecule has 0 aromatic heterocycles. The second kappa shape index (κ2) is 7.31. The number of benzene rings is 3. The Labute approximate surface area is 182 Å². The van der Waals surface area contributed by atoms with Gasteiger partial charge < -0.3 is 4.74 Å². The van der Waals surface area contributed by atoms with Crippen molar-refractivity contribution in [1.82, 2.24) is 5.01 Å². The number of hydrogen-bond acceptors (Lipinski definition) is 5. The summed E-state index contributed by atoms with van der Waals surface area (Å²) in [5, 5.41) is 18.9. The van der Waals surface area contributed by atoms with Crippen molar-refractivity contribution in [2.45, 2.75) is 18.7 Å². The summed E-state index contributed by atoms with van der Waals surface area (Å²) in [6, 6.07) is 19.6. The maximum absolute atomic E-state index is 11.3. The molecule has 150 valence electrons. The molecule has 0 aliphatic carbocycles. The second-order valence-corrected chi connectivity index (χ2v) is 7.98. The summed E-state index contributed by atoms with van der Waals surface area (Å²) in [6.45, 7) is 0. The average Bonchev–Trinajstić information content (AvgIpc) is 3.20. The van der Waals surface area contributed by atoms with Crippen LogP contribution in [0.5, 0.6) is 5.75 Å². The molecule has 2 heterocycles. The van der Waals surface area contributed by atoms with Crippen molar-refractivity contribution < 1.29 is 9.66 Å². The molecule has 30 heavy (non-hydrogen) atoms. The number of nitrogens with zero attached hydrogens (tertiary/aromatic N) is 3. The van der Waals surface area contributed by atoms with E-state index in [1.165, 1.54) is 12.1 Å². The van der Waals surface area contributed by atoms with Gasteiger partial charge in [-0.2, -0.15) is 5.10 Å². The third-order valence-electron chi connectivity index (χ3n) is 5.28. The highest BCUT2D eigenvalue weighted by Gasteiger charge is 2.42. The van der Waals surface area contributed by atoms with Gasteiger partial charge in [0.25, 0.3) is 5.69 Å². The Morgan fingerprint density at radius 2 is 1.87 bits per heavy atom. The summed E-state index contributed by atoms with van der Waals surface area (Å²) < 4.78 is 6.24. The Morgan fingerprint density at radius 1 is 1.07 bits per heavy atom. The molecule has 5 rings (SSSR count). The first-order chi connectivity index (χ1) is 14.5. The molecule has 3 aromatic carbocycles. The normalized spacial score (nSPS) is 19.5. The number of halogens is 2. The van der Waals surface area contributed by atoms with Crippen LogP contribution in [0, 0.1) is 10.1 Å². The fourth-order valence-corrected chi connectivity index (χ4v) is 4.49. The van der Waals surface area contributed by atoms with E-state index in [1.807, 2.05) is 41.4 Å². The van der Waals surface area contributed by atoms with Gasteiger partial charge in [0.05, 0.1) is 21.7 Å². The molecule has 0 amide bonds. The number of hydrazone groups is 1. The SMILES string of the molecule is O=[N+]([O-])c1cccc([C@H]2Oc3c(Cl)cc(Cl)cc3[C@@H]3CC(c4ccccc4)=NN23)c1. The lowest BCUT2D eigenvalue weighted by atomic mass is 9.96. The van der Waals surface area contributed by atoms with E-state index in [0.29, 0.717) is 27.8 Å². The fourth-order valence-electron chi connectivity index (χ4n) is 3.93. The third-order valence-corrected chi connectivity index (χ3v) is 5.78. The number of nitro groups is 1. The molecule has 0 radical (unpaired) electrons. The van der Waals surface area contributed by atoms with E-state index < -0.39 is 11.2 Å². The summed E-state index contributed by atoms with van der Waals surface area (Å²) in [4.78, 5) is 10.9. The van der Waals surface area contributed by atoms with Crippen molar-refractivity contribution in [3.63, 3.8) is 0 Å². The highest BCUT2D eigenvalue weighted by atomic mass is 35.5. The molecule has 6 nitrogen and oxygen atoms in total. The molecule has 0 bridgehead atoms. The monoisotopic (exact) mass is 439 g/mol. The number of fused-ring (bicyclic) bond motifs is 3. The predicted octanol–water partition coefficient (Wildman–Crippen LogP) is 6.14. The topological polar surface area (TPSA) is 68.0 Å². The van der Waals surface area contributed by atoms with Crippen LogP contribution < -0.4 is 4.74 Å². The van der Waals surface area contributed by atoms with E-state index >= 15 is 0 Å². The predicted molar refractivity (Wildman–Crippen MR) is 115 cm³/mol. The van der Waals surface area contributed by atoms with Crippen LogP contribution in [0.2, 0.25) is 10.0 Å². The van der Waals surface area contributed by atoms with Crippen molar-refractivity contribution >= 4 is 34.6 Å². The standard InChI is InChI=1S/C22H15Cl2N3O3/c23-15-10-17-20-12-19(13-5-2-1-3-6-13)25-26(20)22(30-21(17)18(24)11-15)14-7-4-8-16(9-14)27(28)29/h1-11,20,22H,12H2/t20-,22+/m0/s1. The van der Waals surface area contributed by atoms with Crippen molar-refractivity contribution in [3.05, 3.63) is 104 Å². The molecule has 2 aliphatic heterocycles. The molecule has 3 aromatic rings. The van der Waals surface area contributed by atoms with Gasteiger partial charge in [-0.15, -0.1) is 0 Å². The van der Waals surface area contributed by atoms with Gasteiger partial charge in [0.2, 0.25) is 6.23 Å². The molecule has 0 N–H and O–H groups in total. The molecule has 0 saturated heterocycles. The first kappa shape index (κ1) is 18.9. The fraction of sp³-hybridized carbons (Fsp3) is 0.136. The number of hydrogen-bond donors (Lipinski definition) is 0. The lowest BCUT2D eigenvalue weighted by molar-refractivity contribution is -0.385. The lowest BCUT2D eigenvalue weighted by Crippen LogP contribution is -2.33. The molecular formula is C22H15Cl2N3O3. The van der Waals surface area contributed by atoms with E-state index in [9.17, 15) is 10.1 Å². The highest BCUT2D eigenvalue weighted by molar-refractivity contribution is 6.35. The van der Waals surface area contributed by atoms with Crippen molar-refractivity contribution in [1.29, 1.82) is 0 Å². The van der Waals surface area contributed by atoms with Gasteiger partial charge in [-0.25, -0.2) is 5.01 Å². The summed E-state index contributed by atoms with van der Waals surface area (Å²) in [6.07, 6.45) is -0.00932. The summed E-state index contributed by atoms with van der Waals surface area (Å²) in [5.41, 5.74) is 3.39. The van der Waals surface area contributed by atoms with E-state index in [2.05, 4.69) is 0 Å². The minimum atomic E-state index is -0.651. The highest BCUT2D eigenvalue weighted by Crippen LogP contribution is 2.50. The van der Waals surface area contributed by atoms with Gasteiger partial charge in [-0.1, -0.05) is 65.7 Å². The molecule has 8 heteroatoms. The molecular weight excluding hydrogens is 425 g/mol. The van der Waals surface area contributed by atoms with E-state index in [0.717, 1.165) is 16.8 Å². The first-order valence-corrected chi connectivity index (χ1v) is 10.1. The van der Waals surface area contributed by atoms with Gasteiger partial charge in [-0.3, -0.25) is 10.1 Å². The van der Waals surface area contributed by atoms with Crippen LogP contribution in [0.1, 0.15) is 35.4 Å². The van der Waals surface area contributed by atoms with Crippen LogP contribution in [-0.2, 0) is 0 Å². The zero-order valence-electron chi connectivity index (χ0n) is 15.5. The summed E-state index contributed by atoms with van der Waals surface area (Å²) >= 11 is 12.7. The zero-order chi connectivity index (χ0) is 20.8. The van der Waals surface area contributed by atoms with Crippen LogP contribution in [0.3, 0.4) is 0 Å². The Bertz CT molecular complexity index is 1180. The first-order valence-electron chi connectivity index (χ1n) is 9.32. The van der Waals surface area contributed by atoms with E-state index in [4.69, 9.17) is 33.0 Å². The maximum Gasteiger partial charge on any atom is 0.269 e. The summed E-state index contributed by atoms with van der Waals surface area (Å²) in [7, 11) is 0. The van der Waals surface area contributed by atoms with Crippen LogP contribution in [0.4, 0.5) is 5.69 Å². The molecule has 0 spiro atoms. The van der Waals surface area contributed by atoms with Gasteiger partial charge in [-0.05, 0) is 17.7 Å². The van der Waals surface area contributed by atoms with E-state index in [1.54, 1.807) is 18.2 Å². The number of nitro benzene ring substituents is 1. The zero-order valence-corrected chi connectivity index (χ0v) is 17.0. The molecule has 2 atom stereocenters. The van der Waals surface area contributed by atoms with Crippen molar-refractivity contribution in [3.8, 4) is 5.75 Å². The minimum Gasteiger partial charge on any atom is -0.463 e. The lowest BCUT2D eigenvalue weighted by Gasteiger charge is -2.38. The third kappa shape index (κ3) is 3.18. The number of non-ortho nitro benzene ring substituents is 1. The Balaban J connectivity index is 1.64. The van der Waals surface area contributed by atoms with Crippen molar-refractivity contribution in [2.24, 2.45) is 5.10 Å². The molecule has 0 fully saturated rings. The summed E-state index contributed by atoms with van der Waals surface area (Å²) in [5.74, 6) is 0.531. The van der Waals surface area contributed by atoms with Gasteiger partial charge in [0.15, 0.2) is 0 Å². The van der Waals surface area contributed by atoms with E-state index in [-0.39, 0.29) is 11.7 Å². The smallest absolute Gasteiger partial charge is 0.269 e. The van der Waals surface area contributed by atoms with Gasteiger partial charge in [0, 0.05) is 34.7 Å². The maximum atomic E-state index is 11.3. The number of ether oxygens (including phenoxy) is 1. The minimum absolute atomic E-state index is 0.00731. The molecule has 0 saturated carbocycles. The van der Waals surface area contributed by atoms with Crippen LogP contribution in [0.25, 0.3) is 0 Å². The Kier molecular flexibility index (Phi) is 4.60. The van der Waals surface area contributed by atoms with Gasteiger partial charge >= 0.3 is 0 Å². The van der Waals surface area contributed by atoms with Crippen LogP contribution in [0.15, 0.2) is 71.8 Å². The van der Waals surface area contributed by atoms with Crippen molar-refractivity contribution in [2.75, 3.05) is 0 Å². The Hall–Kier alpha value is -3.09.